The van der Waals surface area contributed by atoms with E-state index in [1.54, 1.807) is 0 Å². The Morgan fingerprint density at radius 2 is 2.14 bits per heavy atom. The summed E-state index contributed by atoms with van der Waals surface area (Å²) < 4.78 is 2.10. The molecular formula is C23H29N5O. The Bertz CT molecular complexity index is 1060. The summed E-state index contributed by atoms with van der Waals surface area (Å²) >= 11 is 0. The van der Waals surface area contributed by atoms with Crippen molar-refractivity contribution in [3.8, 4) is 0 Å². The molecule has 0 unspecified atom stereocenters. The zero-order valence-corrected chi connectivity index (χ0v) is 17.3. The highest BCUT2D eigenvalue weighted by Crippen LogP contribution is 2.27. The molecule has 5 rings (SSSR count). The first-order chi connectivity index (χ1) is 14.1. The number of amides is 1. The van der Waals surface area contributed by atoms with Crippen molar-refractivity contribution in [2.75, 3.05) is 6.54 Å². The summed E-state index contributed by atoms with van der Waals surface area (Å²) in [5.41, 5.74) is 7.40. The molecule has 0 radical (unpaired) electrons. The Morgan fingerprint density at radius 3 is 2.93 bits per heavy atom. The van der Waals surface area contributed by atoms with Crippen LogP contribution in [0.25, 0.3) is 10.9 Å². The number of nitrogens with one attached hydrogen (secondary N) is 2. The highest BCUT2D eigenvalue weighted by Gasteiger charge is 2.25. The molecule has 1 amide bonds. The molecule has 6 heteroatoms. The van der Waals surface area contributed by atoms with E-state index in [1.165, 1.54) is 39.8 Å². The van der Waals surface area contributed by atoms with Crippen LogP contribution in [0.5, 0.6) is 0 Å². The maximum atomic E-state index is 12.1. The molecule has 2 aromatic heterocycles. The summed E-state index contributed by atoms with van der Waals surface area (Å²) in [4.78, 5) is 18.1. The summed E-state index contributed by atoms with van der Waals surface area (Å²) in [6.07, 6.45) is 3.25. The first kappa shape index (κ1) is 18.4. The molecule has 0 saturated heterocycles. The number of benzene rings is 1. The van der Waals surface area contributed by atoms with Crippen LogP contribution in [0.3, 0.4) is 0 Å². The van der Waals surface area contributed by atoms with E-state index in [4.69, 9.17) is 5.10 Å². The lowest BCUT2D eigenvalue weighted by atomic mass is 9.85. The van der Waals surface area contributed by atoms with Crippen molar-refractivity contribution >= 4 is 16.8 Å². The van der Waals surface area contributed by atoms with Gasteiger partial charge in [0.2, 0.25) is 5.91 Å². The van der Waals surface area contributed by atoms with Crippen LogP contribution in [0.2, 0.25) is 0 Å². The van der Waals surface area contributed by atoms with Crippen molar-refractivity contribution in [2.24, 2.45) is 5.92 Å². The maximum absolute atomic E-state index is 12.1. The minimum Gasteiger partial charge on any atom is -0.358 e. The zero-order valence-electron chi connectivity index (χ0n) is 17.3. The van der Waals surface area contributed by atoms with E-state index in [-0.39, 0.29) is 11.8 Å². The number of carbonyl (C=O) groups excluding carboxylic acids is 1. The van der Waals surface area contributed by atoms with Crippen LogP contribution < -0.4 is 5.32 Å². The molecule has 2 aliphatic rings. The number of hydrogen-bond donors (Lipinski definition) is 2. The third-order valence-electron chi connectivity index (χ3n) is 6.67. The van der Waals surface area contributed by atoms with Crippen molar-refractivity contribution in [3.05, 3.63) is 52.5 Å². The molecule has 1 aliphatic heterocycles. The third kappa shape index (κ3) is 3.46. The predicted molar refractivity (Wildman–Crippen MR) is 113 cm³/mol. The van der Waals surface area contributed by atoms with Gasteiger partial charge < -0.3 is 10.3 Å². The van der Waals surface area contributed by atoms with Gasteiger partial charge in [-0.3, -0.25) is 14.4 Å². The number of carbonyl (C=O) groups is 1. The molecule has 3 aromatic rings. The van der Waals surface area contributed by atoms with E-state index in [2.05, 4.69) is 58.0 Å². The van der Waals surface area contributed by atoms with Crippen LogP contribution in [0, 0.1) is 19.8 Å². The second-order valence-corrected chi connectivity index (χ2v) is 8.62. The van der Waals surface area contributed by atoms with Gasteiger partial charge in [0.1, 0.15) is 0 Å². The van der Waals surface area contributed by atoms with Gasteiger partial charge in [-0.15, -0.1) is 0 Å². The molecule has 6 nitrogen and oxygen atoms in total. The molecule has 1 saturated carbocycles. The van der Waals surface area contributed by atoms with Gasteiger partial charge in [0.25, 0.3) is 0 Å². The number of aromatic nitrogens is 3. The molecule has 0 bridgehead atoms. The van der Waals surface area contributed by atoms with E-state index in [0.717, 1.165) is 44.7 Å². The van der Waals surface area contributed by atoms with Crippen LogP contribution in [-0.4, -0.2) is 32.1 Å². The van der Waals surface area contributed by atoms with E-state index in [9.17, 15) is 4.79 Å². The Morgan fingerprint density at radius 1 is 1.28 bits per heavy atom. The second kappa shape index (κ2) is 7.34. The number of H-pyrrole nitrogens is 1. The van der Waals surface area contributed by atoms with Crippen molar-refractivity contribution < 1.29 is 4.79 Å². The Hall–Kier alpha value is -2.60. The third-order valence-corrected chi connectivity index (χ3v) is 6.67. The normalized spacial score (nSPS) is 17.3. The zero-order chi connectivity index (χ0) is 20.0. The summed E-state index contributed by atoms with van der Waals surface area (Å²) in [7, 11) is 0. The van der Waals surface area contributed by atoms with Crippen LogP contribution >= 0.6 is 0 Å². The van der Waals surface area contributed by atoms with Crippen LogP contribution in [-0.2, 0) is 31.0 Å². The monoisotopic (exact) mass is 391 g/mol. The fourth-order valence-corrected chi connectivity index (χ4v) is 4.51. The van der Waals surface area contributed by atoms with E-state index >= 15 is 0 Å². The van der Waals surface area contributed by atoms with Crippen molar-refractivity contribution in [3.63, 3.8) is 0 Å². The van der Waals surface area contributed by atoms with Crippen LogP contribution in [0.4, 0.5) is 0 Å². The van der Waals surface area contributed by atoms with E-state index in [0.29, 0.717) is 6.54 Å². The van der Waals surface area contributed by atoms with Gasteiger partial charge in [-0.25, -0.2) is 0 Å². The predicted octanol–water partition coefficient (Wildman–Crippen LogP) is 3.41. The first-order valence-electron chi connectivity index (χ1n) is 10.7. The molecule has 1 aliphatic carbocycles. The molecule has 0 atom stereocenters. The summed E-state index contributed by atoms with van der Waals surface area (Å²) in [5.74, 6) is 0.416. The SMILES string of the molecule is Cc1[nH]c2c(CN3CCn4nc(CNC(=O)C5CCC5)cc4C3)cccc2c1C. The van der Waals surface area contributed by atoms with Gasteiger partial charge in [-0.2, -0.15) is 5.10 Å². The molecule has 1 fully saturated rings. The minimum atomic E-state index is 0.188. The Labute approximate surface area is 171 Å². The largest absolute Gasteiger partial charge is 0.358 e. The van der Waals surface area contributed by atoms with Gasteiger partial charge in [-0.05, 0) is 43.9 Å². The van der Waals surface area contributed by atoms with Gasteiger partial charge >= 0.3 is 0 Å². The summed E-state index contributed by atoms with van der Waals surface area (Å²) in [6.45, 7) is 8.55. The molecule has 3 heterocycles. The number of aryl methyl sites for hydroxylation is 2. The van der Waals surface area contributed by atoms with E-state index < -0.39 is 0 Å². The highest BCUT2D eigenvalue weighted by atomic mass is 16.1. The number of para-hydroxylation sites is 1. The lowest BCUT2D eigenvalue weighted by Crippen LogP contribution is -2.34. The second-order valence-electron chi connectivity index (χ2n) is 8.62. The molecule has 29 heavy (non-hydrogen) atoms. The Kier molecular flexibility index (Phi) is 4.66. The molecule has 2 N–H and O–H groups in total. The highest BCUT2D eigenvalue weighted by molar-refractivity contribution is 5.87. The van der Waals surface area contributed by atoms with Gasteiger partial charge in [0.15, 0.2) is 0 Å². The Balaban J connectivity index is 1.26. The number of rotatable bonds is 5. The molecule has 152 valence electrons. The van der Waals surface area contributed by atoms with Crippen LogP contribution in [0.1, 0.15) is 47.5 Å². The van der Waals surface area contributed by atoms with Gasteiger partial charge in [-0.1, -0.05) is 24.6 Å². The fraction of sp³-hybridized carbons (Fsp3) is 0.478. The van der Waals surface area contributed by atoms with Crippen LogP contribution in [0.15, 0.2) is 24.3 Å². The number of fused-ring (bicyclic) bond motifs is 2. The smallest absolute Gasteiger partial charge is 0.223 e. The fourth-order valence-electron chi connectivity index (χ4n) is 4.51. The summed E-state index contributed by atoms with van der Waals surface area (Å²) in [5, 5.41) is 9.08. The van der Waals surface area contributed by atoms with Gasteiger partial charge in [0, 0.05) is 36.6 Å². The summed E-state index contributed by atoms with van der Waals surface area (Å²) in [6, 6.07) is 8.74. The number of aromatic amines is 1. The van der Waals surface area contributed by atoms with Gasteiger partial charge in [0.05, 0.1) is 30.0 Å². The topological polar surface area (TPSA) is 66.0 Å². The molecule has 1 aromatic carbocycles. The average molecular weight is 392 g/mol. The van der Waals surface area contributed by atoms with Crippen molar-refractivity contribution in [2.45, 2.75) is 59.3 Å². The number of nitrogens with zero attached hydrogens (tertiary/aromatic N) is 3. The average Bonchev–Trinajstić information content (AvgIpc) is 3.20. The van der Waals surface area contributed by atoms with Crippen molar-refractivity contribution in [1.82, 2.24) is 25.0 Å². The number of hydrogen-bond acceptors (Lipinski definition) is 3. The molecule has 0 spiro atoms. The lowest BCUT2D eigenvalue weighted by Gasteiger charge is -2.27. The standard InChI is InChI=1S/C23H29N5O/c1-15-16(2)25-22-18(7-4-8-21(15)22)13-27-9-10-28-20(14-27)11-19(26-28)12-24-23(29)17-5-3-6-17/h4,7-8,11,17,25H,3,5-6,9-10,12-14H2,1-2H3,(H,24,29). The lowest BCUT2D eigenvalue weighted by molar-refractivity contribution is -0.127. The van der Waals surface area contributed by atoms with Crippen molar-refractivity contribution in [1.29, 1.82) is 0 Å². The maximum Gasteiger partial charge on any atom is 0.223 e. The van der Waals surface area contributed by atoms with E-state index in [1.807, 2.05) is 0 Å². The minimum absolute atomic E-state index is 0.188. The quantitative estimate of drug-likeness (QED) is 0.700. The molecular weight excluding hydrogens is 362 g/mol. The first-order valence-corrected chi connectivity index (χ1v) is 10.7.